The van der Waals surface area contributed by atoms with Crippen LogP contribution >= 0.6 is 0 Å². The molecule has 4 heteroatoms. The molecule has 2 aromatic heterocycles. The van der Waals surface area contributed by atoms with Crippen LogP contribution in [0.2, 0.25) is 0 Å². The lowest BCUT2D eigenvalue weighted by molar-refractivity contribution is 0.0690. The van der Waals surface area contributed by atoms with E-state index in [1.165, 1.54) is 10.9 Å². The van der Waals surface area contributed by atoms with Crippen LogP contribution in [0.3, 0.4) is 0 Å². The Morgan fingerprint density at radius 1 is 1.00 bits per heavy atom. The van der Waals surface area contributed by atoms with Crippen molar-refractivity contribution >= 4 is 16.8 Å². The number of aromatic nitrogens is 2. The Morgan fingerprint density at radius 3 is 2.56 bits per heavy atom. The summed E-state index contributed by atoms with van der Waals surface area (Å²) in [4.78, 5) is 23.0. The van der Waals surface area contributed by atoms with E-state index in [0.717, 1.165) is 43.4 Å². The molecule has 4 nitrogen and oxygen atoms in total. The molecular weight excluding hydrogens is 310 g/mol. The Hall–Kier alpha value is -2.75. The number of hydrogen-bond acceptors (Lipinski definition) is 3. The first-order chi connectivity index (χ1) is 12.3. The van der Waals surface area contributed by atoms with E-state index in [4.69, 9.17) is 0 Å². The molecule has 1 fully saturated rings. The van der Waals surface area contributed by atoms with Crippen LogP contribution in [-0.4, -0.2) is 33.9 Å². The quantitative estimate of drug-likeness (QED) is 0.735. The van der Waals surface area contributed by atoms with E-state index in [1.54, 1.807) is 24.5 Å². The molecule has 0 radical (unpaired) electrons. The maximum atomic E-state index is 12.5. The molecule has 1 saturated heterocycles. The minimum absolute atomic E-state index is 0.118. The minimum Gasteiger partial charge on any atom is -0.339 e. The molecule has 4 rings (SSSR count). The zero-order valence-electron chi connectivity index (χ0n) is 14.1. The van der Waals surface area contributed by atoms with Gasteiger partial charge in [-0.1, -0.05) is 24.3 Å². The smallest absolute Gasteiger partial charge is 0.253 e. The molecule has 0 aliphatic carbocycles. The van der Waals surface area contributed by atoms with Gasteiger partial charge in [0.25, 0.3) is 5.91 Å². The first-order valence-electron chi connectivity index (χ1n) is 8.83. The first kappa shape index (κ1) is 15.8. The zero-order valence-corrected chi connectivity index (χ0v) is 14.1. The number of nitrogens with zero attached hydrogens (tertiary/aromatic N) is 3. The van der Waals surface area contributed by atoms with E-state index in [2.05, 4.69) is 34.2 Å². The molecule has 126 valence electrons. The van der Waals surface area contributed by atoms with Gasteiger partial charge < -0.3 is 4.90 Å². The van der Waals surface area contributed by atoms with Crippen molar-refractivity contribution < 1.29 is 4.79 Å². The lowest BCUT2D eigenvalue weighted by atomic mass is 9.89. The summed E-state index contributed by atoms with van der Waals surface area (Å²) in [7, 11) is 0. The van der Waals surface area contributed by atoms with Crippen molar-refractivity contribution in [2.24, 2.45) is 5.92 Å². The van der Waals surface area contributed by atoms with Gasteiger partial charge in [-0.3, -0.25) is 14.8 Å². The standard InChI is InChI=1S/C21H21N3O/c25-21(18-6-11-22-12-7-18)24-13-8-16(9-14-24)15-19-4-1-3-17-5-2-10-23-20(17)19/h1-7,10-12,16H,8-9,13-15H2. The number of rotatable bonds is 3. The number of amides is 1. The summed E-state index contributed by atoms with van der Waals surface area (Å²) in [5, 5.41) is 1.20. The van der Waals surface area contributed by atoms with Crippen LogP contribution in [0.25, 0.3) is 10.9 Å². The number of carbonyl (C=O) groups is 1. The Labute approximate surface area is 147 Å². The second kappa shape index (κ2) is 7.01. The molecule has 1 aliphatic heterocycles. The molecule has 1 amide bonds. The second-order valence-corrected chi connectivity index (χ2v) is 6.67. The molecule has 25 heavy (non-hydrogen) atoms. The van der Waals surface area contributed by atoms with Crippen LogP contribution in [0.4, 0.5) is 0 Å². The van der Waals surface area contributed by atoms with E-state index < -0.39 is 0 Å². The highest BCUT2D eigenvalue weighted by atomic mass is 16.2. The first-order valence-corrected chi connectivity index (χ1v) is 8.83. The summed E-state index contributed by atoms with van der Waals surface area (Å²) in [6.45, 7) is 1.65. The molecule has 0 N–H and O–H groups in total. The lowest BCUT2D eigenvalue weighted by Gasteiger charge is -2.32. The summed E-state index contributed by atoms with van der Waals surface area (Å²) < 4.78 is 0. The summed E-state index contributed by atoms with van der Waals surface area (Å²) in [6, 6.07) is 14.1. The topological polar surface area (TPSA) is 46.1 Å². The molecule has 0 saturated carbocycles. The number of likely N-dealkylation sites (tertiary alicyclic amines) is 1. The third-order valence-electron chi connectivity index (χ3n) is 5.05. The van der Waals surface area contributed by atoms with Crippen molar-refractivity contribution in [3.63, 3.8) is 0 Å². The average molecular weight is 331 g/mol. The van der Waals surface area contributed by atoms with Gasteiger partial charge in [0.05, 0.1) is 5.52 Å². The van der Waals surface area contributed by atoms with Crippen molar-refractivity contribution in [1.29, 1.82) is 0 Å². The number of carbonyl (C=O) groups excluding carboxylic acids is 1. The van der Waals surface area contributed by atoms with Gasteiger partial charge in [-0.25, -0.2) is 0 Å². The van der Waals surface area contributed by atoms with Gasteiger partial charge in [-0.05, 0) is 48.9 Å². The van der Waals surface area contributed by atoms with E-state index in [-0.39, 0.29) is 5.91 Å². The third-order valence-corrected chi connectivity index (χ3v) is 5.05. The number of benzene rings is 1. The van der Waals surface area contributed by atoms with Crippen molar-refractivity contribution in [2.75, 3.05) is 13.1 Å². The summed E-state index contributed by atoms with van der Waals surface area (Å²) >= 11 is 0. The highest BCUT2D eigenvalue weighted by Gasteiger charge is 2.24. The van der Waals surface area contributed by atoms with Crippen LogP contribution in [0, 0.1) is 5.92 Å². The maximum absolute atomic E-state index is 12.5. The molecule has 1 aromatic carbocycles. The molecule has 3 aromatic rings. The third kappa shape index (κ3) is 3.38. The maximum Gasteiger partial charge on any atom is 0.253 e. The largest absolute Gasteiger partial charge is 0.339 e. The van der Waals surface area contributed by atoms with Crippen molar-refractivity contribution in [3.05, 3.63) is 72.2 Å². The van der Waals surface area contributed by atoms with Gasteiger partial charge in [-0.2, -0.15) is 0 Å². The van der Waals surface area contributed by atoms with Crippen LogP contribution in [-0.2, 0) is 6.42 Å². The molecule has 0 bridgehead atoms. The van der Waals surface area contributed by atoms with Crippen molar-refractivity contribution in [1.82, 2.24) is 14.9 Å². The lowest BCUT2D eigenvalue weighted by Crippen LogP contribution is -2.38. The SMILES string of the molecule is O=C(c1ccncc1)N1CCC(Cc2cccc3cccnc23)CC1. The molecule has 3 heterocycles. The Bertz CT molecular complexity index is 865. The van der Waals surface area contributed by atoms with Crippen LogP contribution in [0.1, 0.15) is 28.8 Å². The highest BCUT2D eigenvalue weighted by molar-refractivity contribution is 5.94. The van der Waals surface area contributed by atoms with Gasteiger partial charge in [0.2, 0.25) is 0 Å². The number of pyridine rings is 2. The van der Waals surface area contributed by atoms with Crippen LogP contribution < -0.4 is 0 Å². The van der Waals surface area contributed by atoms with E-state index in [9.17, 15) is 4.79 Å². The molecule has 0 unspecified atom stereocenters. The van der Waals surface area contributed by atoms with Gasteiger partial charge >= 0.3 is 0 Å². The second-order valence-electron chi connectivity index (χ2n) is 6.67. The van der Waals surface area contributed by atoms with Crippen molar-refractivity contribution in [2.45, 2.75) is 19.3 Å². The number of para-hydroxylation sites is 1. The Balaban J connectivity index is 1.41. The van der Waals surface area contributed by atoms with Crippen LogP contribution in [0.5, 0.6) is 0 Å². The fourth-order valence-corrected chi connectivity index (χ4v) is 3.66. The van der Waals surface area contributed by atoms with Crippen molar-refractivity contribution in [3.8, 4) is 0 Å². The summed E-state index contributed by atoms with van der Waals surface area (Å²) in [6.07, 6.45) is 8.33. The molecule has 0 atom stereocenters. The fraction of sp³-hybridized carbons (Fsp3) is 0.286. The van der Waals surface area contributed by atoms with Gasteiger partial charge in [0.1, 0.15) is 0 Å². The monoisotopic (exact) mass is 331 g/mol. The Morgan fingerprint density at radius 2 is 1.76 bits per heavy atom. The van der Waals surface area contributed by atoms with Gasteiger partial charge in [0, 0.05) is 42.6 Å². The van der Waals surface area contributed by atoms with E-state index in [0.29, 0.717) is 5.92 Å². The average Bonchev–Trinajstić information content (AvgIpc) is 2.69. The van der Waals surface area contributed by atoms with E-state index in [1.807, 2.05) is 17.2 Å². The van der Waals surface area contributed by atoms with Gasteiger partial charge in [0.15, 0.2) is 0 Å². The van der Waals surface area contributed by atoms with Gasteiger partial charge in [-0.15, -0.1) is 0 Å². The molecule has 0 spiro atoms. The zero-order chi connectivity index (χ0) is 17.1. The summed E-state index contributed by atoms with van der Waals surface area (Å²) in [5.74, 6) is 0.724. The van der Waals surface area contributed by atoms with E-state index >= 15 is 0 Å². The molecular formula is C21H21N3O. The number of piperidine rings is 1. The van der Waals surface area contributed by atoms with Crippen LogP contribution in [0.15, 0.2) is 61.1 Å². The highest BCUT2D eigenvalue weighted by Crippen LogP contribution is 2.26. The fourth-order valence-electron chi connectivity index (χ4n) is 3.66. The number of hydrogen-bond donors (Lipinski definition) is 0. The molecule has 1 aliphatic rings. The predicted octanol–water partition coefficient (Wildman–Crippen LogP) is 3.72. The predicted molar refractivity (Wildman–Crippen MR) is 98.3 cm³/mol. The number of fused-ring (bicyclic) bond motifs is 1. The summed E-state index contributed by atoms with van der Waals surface area (Å²) in [5.41, 5.74) is 3.16. The Kier molecular flexibility index (Phi) is 4.42. The normalized spacial score (nSPS) is 15.4. The minimum atomic E-state index is 0.118.